The molecular weight excluding hydrogens is 167 g/mol. The molecule has 0 unspecified atom stereocenters. The van der Waals surface area contributed by atoms with Gasteiger partial charge in [-0.15, -0.1) is 0 Å². The van der Waals surface area contributed by atoms with Gasteiger partial charge in [-0.1, -0.05) is 0 Å². The molecule has 0 aliphatic carbocycles. The summed E-state index contributed by atoms with van der Waals surface area (Å²) in [4.78, 5) is 19.9. The number of hydrogen-bond acceptors (Lipinski definition) is 3. The van der Waals surface area contributed by atoms with Crippen molar-refractivity contribution in [3.8, 4) is 0 Å². The second kappa shape index (κ2) is 3.82. The molecule has 0 rings (SSSR count). The highest BCUT2D eigenvalue weighted by Gasteiger charge is 2.14. The van der Waals surface area contributed by atoms with Crippen LogP contribution in [-0.2, 0) is 9.59 Å². The first-order valence-electron chi connectivity index (χ1n) is 2.09. The zero-order valence-electron chi connectivity index (χ0n) is 4.30. The van der Waals surface area contributed by atoms with Crippen molar-refractivity contribution >= 4 is 33.7 Å². The van der Waals surface area contributed by atoms with Crippen LogP contribution in [0.15, 0.2) is 0 Å². The van der Waals surface area contributed by atoms with Gasteiger partial charge in [0.1, 0.15) is 6.10 Å². The third-order valence-corrected chi connectivity index (χ3v) is 1.02. The van der Waals surface area contributed by atoms with Crippen molar-refractivity contribution in [1.29, 1.82) is 0 Å². The second-order valence-corrected chi connectivity index (χ2v) is 2.17. The number of halogens is 2. The molecule has 0 spiro atoms. The summed E-state index contributed by atoms with van der Waals surface area (Å²) in [6.45, 7) is 0. The number of carbonyl (C=O) groups excluding carboxylic acids is 2. The molecule has 0 aromatic carbocycles. The molecule has 0 amide bonds. The minimum absolute atomic E-state index is 0.427. The molecule has 0 radical (unpaired) electrons. The molecule has 0 saturated heterocycles. The first kappa shape index (κ1) is 8.88. The summed E-state index contributed by atoms with van der Waals surface area (Å²) in [5, 5.41) is 6.76. The van der Waals surface area contributed by atoms with Gasteiger partial charge in [0, 0.05) is 0 Å². The van der Waals surface area contributed by atoms with Crippen LogP contribution in [0.2, 0.25) is 0 Å². The Kier molecular flexibility index (Phi) is 3.77. The van der Waals surface area contributed by atoms with Crippen LogP contribution < -0.4 is 0 Å². The number of hydrogen-bond donors (Lipinski definition) is 1. The lowest BCUT2D eigenvalue weighted by Crippen LogP contribution is -2.16. The Morgan fingerprint density at radius 1 is 1.44 bits per heavy atom. The Balaban J connectivity index is 3.63. The molecular formula is C4H4Cl2O3. The predicted octanol–water partition coefficient (Wildman–Crippen LogP) is 0.268. The quantitative estimate of drug-likeness (QED) is 0.620. The molecule has 0 aliphatic heterocycles. The average molecular weight is 171 g/mol. The molecule has 0 aromatic heterocycles. The maximum Gasteiger partial charge on any atom is 0.250 e. The second-order valence-electron chi connectivity index (χ2n) is 1.38. The van der Waals surface area contributed by atoms with E-state index in [0.29, 0.717) is 0 Å². The van der Waals surface area contributed by atoms with Gasteiger partial charge >= 0.3 is 0 Å². The molecule has 0 heterocycles. The van der Waals surface area contributed by atoms with Crippen LogP contribution in [0, 0.1) is 0 Å². The van der Waals surface area contributed by atoms with Crippen LogP contribution >= 0.6 is 23.2 Å². The van der Waals surface area contributed by atoms with Crippen LogP contribution in [0.4, 0.5) is 0 Å². The van der Waals surface area contributed by atoms with E-state index in [1.54, 1.807) is 0 Å². The summed E-state index contributed by atoms with van der Waals surface area (Å²) in [6.07, 6.45) is -1.89. The predicted molar refractivity (Wildman–Crippen MR) is 32.3 cm³/mol. The molecule has 0 saturated carbocycles. The van der Waals surface area contributed by atoms with Gasteiger partial charge in [0.25, 0.3) is 5.24 Å². The van der Waals surface area contributed by atoms with Crippen molar-refractivity contribution in [3.05, 3.63) is 0 Å². The molecule has 0 aromatic rings. The van der Waals surface area contributed by atoms with Gasteiger partial charge in [-0.25, -0.2) is 0 Å². The van der Waals surface area contributed by atoms with E-state index in [9.17, 15) is 9.59 Å². The van der Waals surface area contributed by atoms with Crippen molar-refractivity contribution in [1.82, 2.24) is 0 Å². The zero-order chi connectivity index (χ0) is 7.44. The fourth-order valence-electron chi connectivity index (χ4n) is 0.232. The van der Waals surface area contributed by atoms with Crippen LogP contribution in [-0.4, -0.2) is 21.7 Å². The molecule has 9 heavy (non-hydrogen) atoms. The van der Waals surface area contributed by atoms with Gasteiger partial charge < -0.3 is 5.11 Å². The number of aliphatic hydroxyl groups excluding tert-OH is 1. The van der Waals surface area contributed by atoms with Gasteiger partial charge in [0.05, 0.1) is 6.42 Å². The smallest absolute Gasteiger partial charge is 0.250 e. The molecule has 0 aliphatic rings. The summed E-state index contributed by atoms with van der Waals surface area (Å²) in [7, 11) is 0. The maximum absolute atomic E-state index is 9.98. The van der Waals surface area contributed by atoms with E-state index in [1.165, 1.54) is 0 Å². The van der Waals surface area contributed by atoms with Crippen molar-refractivity contribution in [2.24, 2.45) is 0 Å². The summed E-state index contributed by atoms with van der Waals surface area (Å²) < 4.78 is 0. The molecule has 1 N–H and O–H groups in total. The Labute approximate surface area is 61.6 Å². The molecule has 5 heteroatoms. The molecule has 0 bridgehead atoms. The standard InChI is InChI=1S/C4H4Cl2O3/c5-3(8)1-2(7)4(6)9/h2,7H,1H2/t2-/m0/s1. The number of aliphatic hydroxyl groups is 1. The van der Waals surface area contributed by atoms with Crippen molar-refractivity contribution < 1.29 is 14.7 Å². The van der Waals surface area contributed by atoms with Gasteiger partial charge in [0.2, 0.25) is 5.24 Å². The first-order valence-corrected chi connectivity index (χ1v) is 2.85. The minimum Gasteiger partial charge on any atom is -0.383 e. The highest BCUT2D eigenvalue weighted by atomic mass is 35.5. The minimum atomic E-state index is -1.46. The Morgan fingerprint density at radius 3 is 2.00 bits per heavy atom. The third kappa shape index (κ3) is 4.39. The highest BCUT2D eigenvalue weighted by molar-refractivity contribution is 6.66. The Hall–Kier alpha value is -0.120. The van der Waals surface area contributed by atoms with Gasteiger partial charge in [-0.2, -0.15) is 0 Å². The lowest BCUT2D eigenvalue weighted by molar-refractivity contribution is -0.123. The van der Waals surface area contributed by atoms with Crippen LogP contribution in [0.3, 0.4) is 0 Å². The Bertz CT molecular complexity index is 134. The lowest BCUT2D eigenvalue weighted by Gasteiger charge is -1.97. The topological polar surface area (TPSA) is 54.4 Å². The van der Waals surface area contributed by atoms with E-state index >= 15 is 0 Å². The van der Waals surface area contributed by atoms with E-state index in [1.807, 2.05) is 0 Å². The highest BCUT2D eigenvalue weighted by Crippen LogP contribution is 1.99. The van der Waals surface area contributed by atoms with Crippen molar-refractivity contribution in [2.45, 2.75) is 12.5 Å². The Morgan fingerprint density at radius 2 is 1.89 bits per heavy atom. The molecule has 1 atom stereocenters. The molecule has 0 fully saturated rings. The summed E-state index contributed by atoms with van der Waals surface area (Å²) in [5.41, 5.74) is 0. The molecule has 52 valence electrons. The summed E-state index contributed by atoms with van der Waals surface area (Å²) >= 11 is 9.58. The molecule has 3 nitrogen and oxygen atoms in total. The van der Waals surface area contributed by atoms with Gasteiger partial charge in [-0.3, -0.25) is 9.59 Å². The normalized spacial score (nSPS) is 12.8. The fourth-order valence-corrected chi connectivity index (χ4v) is 0.456. The van der Waals surface area contributed by atoms with E-state index < -0.39 is 23.0 Å². The van der Waals surface area contributed by atoms with E-state index in [0.717, 1.165) is 0 Å². The van der Waals surface area contributed by atoms with Gasteiger partial charge in [0.15, 0.2) is 0 Å². The lowest BCUT2D eigenvalue weighted by atomic mass is 10.3. The zero-order valence-corrected chi connectivity index (χ0v) is 5.82. The largest absolute Gasteiger partial charge is 0.383 e. The maximum atomic E-state index is 9.98. The number of carbonyl (C=O) groups is 2. The van der Waals surface area contributed by atoms with E-state index in [-0.39, 0.29) is 0 Å². The monoisotopic (exact) mass is 170 g/mol. The van der Waals surface area contributed by atoms with Crippen molar-refractivity contribution in [3.63, 3.8) is 0 Å². The van der Waals surface area contributed by atoms with Crippen LogP contribution in [0.5, 0.6) is 0 Å². The van der Waals surface area contributed by atoms with Crippen LogP contribution in [0.1, 0.15) is 6.42 Å². The fraction of sp³-hybridized carbons (Fsp3) is 0.500. The first-order chi connectivity index (χ1) is 4.04. The SMILES string of the molecule is O=C(Cl)C[C@H](O)C(=O)Cl. The van der Waals surface area contributed by atoms with E-state index in [4.69, 9.17) is 28.3 Å². The van der Waals surface area contributed by atoms with E-state index in [2.05, 4.69) is 0 Å². The van der Waals surface area contributed by atoms with Crippen LogP contribution in [0.25, 0.3) is 0 Å². The summed E-state index contributed by atoms with van der Waals surface area (Å²) in [5.74, 6) is 0. The average Bonchev–Trinajstić information content (AvgIpc) is 1.63. The van der Waals surface area contributed by atoms with Crippen molar-refractivity contribution in [2.75, 3.05) is 0 Å². The van der Waals surface area contributed by atoms with Gasteiger partial charge in [-0.05, 0) is 23.2 Å². The summed E-state index contributed by atoms with van der Waals surface area (Å²) in [6, 6.07) is 0. The third-order valence-electron chi connectivity index (χ3n) is 0.616. The number of rotatable bonds is 3.